The van der Waals surface area contributed by atoms with Crippen molar-refractivity contribution in [2.75, 3.05) is 19.6 Å². The number of benzene rings is 1. The van der Waals surface area contributed by atoms with Crippen molar-refractivity contribution in [2.45, 2.75) is 37.4 Å². The molecule has 1 atom stereocenters. The van der Waals surface area contributed by atoms with Gasteiger partial charge in [0.25, 0.3) is 5.91 Å². The number of carbonyl (C=O) groups is 2. The van der Waals surface area contributed by atoms with Crippen LogP contribution in [0.5, 0.6) is 0 Å². The number of piperidine rings is 1. The van der Waals surface area contributed by atoms with Crippen LogP contribution in [0.15, 0.2) is 48.7 Å². The quantitative estimate of drug-likeness (QED) is 0.723. The molecule has 6 nitrogen and oxygen atoms in total. The van der Waals surface area contributed by atoms with Crippen LogP contribution in [0.1, 0.15) is 41.7 Å². The smallest absolute Gasteiger partial charge is 0.269 e. The summed E-state index contributed by atoms with van der Waals surface area (Å²) in [6.45, 7) is 1.43. The number of rotatable bonds is 5. The molecule has 2 aliphatic heterocycles. The lowest BCUT2D eigenvalue weighted by atomic mass is 9.88. The Kier molecular flexibility index (Phi) is 6.60. The fourth-order valence-corrected chi connectivity index (χ4v) is 4.27. The summed E-state index contributed by atoms with van der Waals surface area (Å²) in [6.07, 6.45) is 6.98. The first-order valence-corrected chi connectivity index (χ1v) is 10.7. The van der Waals surface area contributed by atoms with Crippen molar-refractivity contribution in [1.82, 2.24) is 15.2 Å². The number of ether oxygens (including phenoxy) is 1. The zero-order chi connectivity index (χ0) is 22.6. The molecule has 32 heavy (non-hydrogen) atoms. The van der Waals surface area contributed by atoms with E-state index in [1.54, 1.807) is 29.3 Å². The Hall–Kier alpha value is -3.13. The van der Waals surface area contributed by atoms with E-state index >= 15 is 0 Å². The first-order valence-electron chi connectivity index (χ1n) is 10.7. The van der Waals surface area contributed by atoms with Crippen LogP contribution in [0.2, 0.25) is 0 Å². The number of pyridine rings is 1. The first kappa shape index (κ1) is 22.1. The van der Waals surface area contributed by atoms with E-state index in [4.69, 9.17) is 4.74 Å². The van der Waals surface area contributed by atoms with Crippen LogP contribution in [-0.2, 0) is 9.53 Å². The minimum Gasteiger partial charge on any atom is -0.370 e. The van der Waals surface area contributed by atoms with Gasteiger partial charge in [0.2, 0.25) is 5.91 Å². The third-order valence-electron chi connectivity index (χ3n) is 6.11. The number of halogens is 2. The number of hydrogen-bond donors (Lipinski definition) is 1. The van der Waals surface area contributed by atoms with Crippen LogP contribution in [0.3, 0.4) is 0 Å². The average Bonchev–Trinajstić information content (AvgIpc) is 3.20. The molecule has 2 fully saturated rings. The Morgan fingerprint density at radius 3 is 2.56 bits per heavy atom. The molecule has 4 rings (SSSR count). The third kappa shape index (κ3) is 5.02. The van der Waals surface area contributed by atoms with E-state index in [0.29, 0.717) is 38.2 Å². The summed E-state index contributed by atoms with van der Waals surface area (Å²) in [7, 11) is 0. The summed E-state index contributed by atoms with van der Waals surface area (Å²) >= 11 is 0. The molecule has 1 N–H and O–H groups in total. The topological polar surface area (TPSA) is 71.5 Å². The zero-order valence-corrected chi connectivity index (χ0v) is 17.6. The SMILES string of the molecule is O=C(NCC1CCC2(CCN(C(=O)/C=C/c3c(F)cccc3F)CC2)O1)c1ccccn1. The molecule has 1 spiro atoms. The van der Waals surface area contributed by atoms with E-state index in [-0.39, 0.29) is 29.1 Å². The molecule has 1 aromatic heterocycles. The van der Waals surface area contributed by atoms with E-state index in [1.165, 1.54) is 18.2 Å². The normalized spacial score (nSPS) is 20.1. The number of nitrogens with zero attached hydrogens (tertiary/aromatic N) is 2. The molecule has 0 bridgehead atoms. The van der Waals surface area contributed by atoms with Crippen molar-refractivity contribution in [1.29, 1.82) is 0 Å². The van der Waals surface area contributed by atoms with Gasteiger partial charge >= 0.3 is 0 Å². The summed E-state index contributed by atoms with van der Waals surface area (Å²) in [5.41, 5.74) is -0.141. The van der Waals surface area contributed by atoms with Gasteiger partial charge in [-0.15, -0.1) is 0 Å². The van der Waals surface area contributed by atoms with Gasteiger partial charge in [-0.25, -0.2) is 8.78 Å². The monoisotopic (exact) mass is 441 g/mol. The Morgan fingerprint density at radius 2 is 1.88 bits per heavy atom. The van der Waals surface area contributed by atoms with Crippen molar-refractivity contribution in [2.24, 2.45) is 0 Å². The van der Waals surface area contributed by atoms with Gasteiger partial charge in [0, 0.05) is 37.5 Å². The fraction of sp³-hybridized carbons (Fsp3) is 0.375. The summed E-state index contributed by atoms with van der Waals surface area (Å²) < 4.78 is 33.7. The summed E-state index contributed by atoms with van der Waals surface area (Å²) in [5.74, 6) is -1.91. The predicted molar refractivity (Wildman–Crippen MR) is 115 cm³/mol. The maximum absolute atomic E-state index is 13.7. The number of likely N-dealkylation sites (tertiary alicyclic amines) is 1. The minimum atomic E-state index is -0.702. The van der Waals surface area contributed by atoms with Crippen molar-refractivity contribution < 1.29 is 23.1 Å². The molecule has 1 unspecified atom stereocenters. The second-order valence-corrected chi connectivity index (χ2v) is 8.18. The van der Waals surface area contributed by atoms with Crippen LogP contribution in [0.4, 0.5) is 8.78 Å². The molecule has 2 amide bonds. The Bertz CT molecular complexity index is 985. The van der Waals surface area contributed by atoms with Gasteiger partial charge < -0.3 is 15.0 Å². The highest BCUT2D eigenvalue weighted by molar-refractivity contribution is 5.92. The zero-order valence-electron chi connectivity index (χ0n) is 17.6. The van der Waals surface area contributed by atoms with Crippen molar-refractivity contribution in [3.63, 3.8) is 0 Å². The largest absolute Gasteiger partial charge is 0.370 e. The van der Waals surface area contributed by atoms with Gasteiger partial charge in [0.05, 0.1) is 11.7 Å². The number of amides is 2. The predicted octanol–water partition coefficient (Wildman–Crippen LogP) is 3.34. The Morgan fingerprint density at radius 1 is 1.12 bits per heavy atom. The van der Waals surface area contributed by atoms with Crippen LogP contribution >= 0.6 is 0 Å². The molecule has 2 aliphatic rings. The van der Waals surface area contributed by atoms with Crippen molar-refractivity contribution in [3.05, 3.63) is 71.6 Å². The maximum Gasteiger partial charge on any atom is 0.269 e. The average molecular weight is 441 g/mol. The van der Waals surface area contributed by atoms with Gasteiger partial charge in [0.1, 0.15) is 17.3 Å². The van der Waals surface area contributed by atoms with Gasteiger partial charge in [-0.3, -0.25) is 14.6 Å². The number of hydrogen-bond acceptors (Lipinski definition) is 4. The van der Waals surface area contributed by atoms with Crippen molar-refractivity contribution in [3.8, 4) is 0 Å². The van der Waals surface area contributed by atoms with Crippen LogP contribution in [0, 0.1) is 11.6 Å². The van der Waals surface area contributed by atoms with Crippen LogP contribution in [0.25, 0.3) is 6.08 Å². The molecule has 2 aromatic rings. The second kappa shape index (κ2) is 9.56. The molecule has 168 valence electrons. The Balaban J connectivity index is 1.26. The van der Waals surface area contributed by atoms with E-state index in [0.717, 1.165) is 25.0 Å². The lowest BCUT2D eigenvalue weighted by Gasteiger charge is -2.38. The molecule has 3 heterocycles. The number of nitrogens with one attached hydrogen (secondary N) is 1. The summed E-state index contributed by atoms with van der Waals surface area (Å²) in [6, 6.07) is 8.78. The highest BCUT2D eigenvalue weighted by atomic mass is 19.1. The summed E-state index contributed by atoms with van der Waals surface area (Å²) in [5, 5.41) is 2.87. The fourth-order valence-electron chi connectivity index (χ4n) is 4.27. The second-order valence-electron chi connectivity index (χ2n) is 8.18. The highest BCUT2D eigenvalue weighted by Crippen LogP contribution is 2.38. The van der Waals surface area contributed by atoms with E-state index in [2.05, 4.69) is 10.3 Å². The van der Waals surface area contributed by atoms with Crippen molar-refractivity contribution >= 4 is 17.9 Å². The van der Waals surface area contributed by atoms with Crippen LogP contribution < -0.4 is 5.32 Å². The molecule has 2 saturated heterocycles. The lowest BCUT2D eigenvalue weighted by Crippen LogP contribution is -2.46. The van der Waals surface area contributed by atoms with Gasteiger partial charge in [-0.2, -0.15) is 0 Å². The molecule has 8 heteroatoms. The molecular weight excluding hydrogens is 416 g/mol. The van der Waals surface area contributed by atoms with Crippen LogP contribution in [-0.4, -0.2) is 53.0 Å². The number of aromatic nitrogens is 1. The molecule has 0 saturated carbocycles. The first-order chi connectivity index (χ1) is 15.5. The standard InChI is InChI=1S/C24H25F2N3O3/c25-19-4-3-5-20(26)18(19)7-8-22(30)29-14-11-24(12-15-29)10-9-17(32-24)16-28-23(31)21-6-1-2-13-27-21/h1-8,13,17H,9-12,14-16H2,(H,28,31)/b8-7+. The lowest BCUT2D eigenvalue weighted by molar-refractivity contribution is -0.132. The van der Waals surface area contributed by atoms with E-state index in [9.17, 15) is 18.4 Å². The number of carbonyl (C=O) groups excluding carboxylic acids is 2. The van der Waals surface area contributed by atoms with Gasteiger partial charge in [-0.1, -0.05) is 12.1 Å². The molecule has 1 aromatic carbocycles. The maximum atomic E-state index is 13.7. The van der Waals surface area contributed by atoms with Gasteiger partial charge in [-0.05, 0) is 56.0 Å². The van der Waals surface area contributed by atoms with E-state index in [1.807, 2.05) is 0 Å². The molecule has 0 aliphatic carbocycles. The Labute approximate surface area is 185 Å². The van der Waals surface area contributed by atoms with E-state index < -0.39 is 11.6 Å². The highest BCUT2D eigenvalue weighted by Gasteiger charge is 2.43. The summed E-state index contributed by atoms with van der Waals surface area (Å²) in [4.78, 5) is 30.3. The molecule has 0 radical (unpaired) electrons. The third-order valence-corrected chi connectivity index (χ3v) is 6.11. The minimum absolute atomic E-state index is 0.0751. The molecular formula is C24H25F2N3O3. The van der Waals surface area contributed by atoms with Gasteiger partial charge in [0.15, 0.2) is 0 Å².